The van der Waals surface area contributed by atoms with Gasteiger partial charge in [-0.05, 0) is 65.4 Å². The smallest absolute Gasteiger partial charge is 0.269 e. The van der Waals surface area contributed by atoms with Gasteiger partial charge in [0.2, 0.25) is 0 Å². The number of benzene rings is 2. The van der Waals surface area contributed by atoms with Crippen molar-refractivity contribution >= 4 is 46.5 Å². The average molecular weight is 476 g/mol. The number of thioether (sulfide) groups is 1. The molecule has 1 fully saturated rings. The molecule has 1 aromatic heterocycles. The van der Waals surface area contributed by atoms with Crippen LogP contribution < -0.4 is 4.90 Å². The molecule has 2 aromatic carbocycles. The van der Waals surface area contributed by atoms with Crippen molar-refractivity contribution < 1.29 is 14.1 Å². The van der Waals surface area contributed by atoms with Gasteiger partial charge in [-0.2, -0.15) is 5.10 Å². The van der Waals surface area contributed by atoms with E-state index in [0.717, 1.165) is 11.3 Å². The minimum absolute atomic E-state index is 0.00146. The molecule has 0 unspecified atom stereocenters. The Hall–Kier alpha value is -4.18. The number of amidine groups is 1. The molecule has 0 N–H and O–H groups in total. The summed E-state index contributed by atoms with van der Waals surface area (Å²) < 4.78 is 5.41. The molecule has 3 aromatic rings. The van der Waals surface area contributed by atoms with E-state index < -0.39 is 4.92 Å². The zero-order valence-corrected chi connectivity index (χ0v) is 19.3. The number of carbonyl (C=O) groups excluding carboxylic acids is 1. The molecular weight excluding hydrogens is 454 g/mol. The Kier molecular flexibility index (Phi) is 6.88. The lowest BCUT2D eigenvalue weighted by Gasteiger charge is -2.12. The third-order valence-electron chi connectivity index (χ3n) is 4.94. The highest BCUT2D eigenvalue weighted by atomic mass is 32.2. The zero-order valence-electron chi connectivity index (χ0n) is 18.5. The van der Waals surface area contributed by atoms with Crippen LogP contribution in [0.3, 0.4) is 0 Å². The number of carbonyl (C=O) groups is 1. The van der Waals surface area contributed by atoms with E-state index in [1.807, 2.05) is 49.3 Å². The van der Waals surface area contributed by atoms with Gasteiger partial charge in [-0.25, -0.2) is 0 Å². The van der Waals surface area contributed by atoms with E-state index in [1.165, 1.54) is 35.0 Å². The number of amides is 1. The molecule has 1 aliphatic rings. The van der Waals surface area contributed by atoms with E-state index in [2.05, 4.69) is 10.2 Å². The summed E-state index contributed by atoms with van der Waals surface area (Å²) in [6.07, 6.45) is 4.86. The third kappa shape index (κ3) is 5.41. The van der Waals surface area contributed by atoms with Crippen LogP contribution in [-0.4, -0.2) is 41.2 Å². The first-order valence-corrected chi connectivity index (χ1v) is 11.1. The summed E-state index contributed by atoms with van der Waals surface area (Å²) in [5.41, 5.74) is 2.61. The molecule has 0 spiro atoms. The van der Waals surface area contributed by atoms with Crippen LogP contribution in [0.5, 0.6) is 0 Å². The van der Waals surface area contributed by atoms with Gasteiger partial charge >= 0.3 is 0 Å². The highest BCUT2D eigenvalue weighted by Gasteiger charge is 2.34. The van der Waals surface area contributed by atoms with E-state index in [9.17, 15) is 14.9 Å². The van der Waals surface area contributed by atoms with E-state index in [0.29, 0.717) is 21.4 Å². The summed E-state index contributed by atoms with van der Waals surface area (Å²) in [4.78, 5) is 27.5. The lowest BCUT2D eigenvalue weighted by Crippen LogP contribution is -2.28. The second-order valence-electron chi connectivity index (χ2n) is 7.54. The first kappa shape index (κ1) is 23.0. The summed E-state index contributed by atoms with van der Waals surface area (Å²) in [5, 5.41) is 19.6. The van der Waals surface area contributed by atoms with Gasteiger partial charge in [-0.15, -0.1) is 5.10 Å². The highest BCUT2D eigenvalue weighted by Crippen LogP contribution is 2.34. The van der Waals surface area contributed by atoms with Crippen LogP contribution >= 0.6 is 11.8 Å². The van der Waals surface area contributed by atoms with Crippen molar-refractivity contribution in [3.63, 3.8) is 0 Å². The predicted molar refractivity (Wildman–Crippen MR) is 134 cm³/mol. The van der Waals surface area contributed by atoms with Crippen LogP contribution in [0.2, 0.25) is 0 Å². The quantitative estimate of drug-likeness (QED) is 0.211. The summed E-state index contributed by atoms with van der Waals surface area (Å²) in [6, 6.07) is 17.4. The van der Waals surface area contributed by atoms with E-state index in [1.54, 1.807) is 30.5 Å². The SMILES string of the molecule is CN(C)c1ccc(/C=C2\S/C(=N/N=C\c3ccc([N+](=O)[O-])cc3)N(Cc3ccco3)C2=O)cc1. The van der Waals surface area contributed by atoms with Gasteiger partial charge in [0, 0.05) is 31.9 Å². The second-order valence-corrected chi connectivity index (χ2v) is 8.55. The lowest BCUT2D eigenvalue weighted by molar-refractivity contribution is -0.384. The Morgan fingerprint density at radius 1 is 1.09 bits per heavy atom. The Bertz CT molecular complexity index is 1260. The van der Waals surface area contributed by atoms with Crippen molar-refractivity contribution in [1.82, 2.24) is 4.90 Å². The van der Waals surface area contributed by atoms with E-state index in [4.69, 9.17) is 4.42 Å². The first-order chi connectivity index (χ1) is 16.4. The largest absolute Gasteiger partial charge is 0.467 e. The minimum atomic E-state index is -0.462. The third-order valence-corrected chi connectivity index (χ3v) is 5.94. The maximum atomic E-state index is 13.1. The molecule has 9 nitrogen and oxygen atoms in total. The standard InChI is InChI=1S/C24H21N5O4S/c1-27(2)19-9-5-17(6-10-19)14-22-23(30)28(16-21-4-3-13-33-21)24(34-22)26-25-15-18-7-11-20(12-8-18)29(31)32/h3-15H,16H2,1-2H3/b22-14-,25-15-,26-24+. The van der Waals surface area contributed by atoms with Crippen LogP contribution in [0.25, 0.3) is 6.08 Å². The number of anilines is 1. The maximum absolute atomic E-state index is 13.1. The monoisotopic (exact) mass is 475 g/mol. The molecule has 0 atom stereocenters. The average Bonchev–Trinajstić information content (AvgIpc) is 3.44. The molecule has 1 saturated heterocycles. The summed E-state index contributed by atoms with van der Waals surface area (Å²) in [6.45, 7) is 0.224. The number of non-ortho nitro benzene ring substituents is 1. The number of nitro benzene ring substituents is 1. The van der Waals surface area contributed by atoms with Crippen molar-refractivity contribution in [3.8, 4) is 0 Å². The molecular formula is C24H21N5O4S. The van der Waals surface area contributed by atoms with Crippen LogP contribution in [0.15, 0.2) is 86.5 Å². The Morgan fingerprint density at radius 2 is 1.79 bits per heavy atom. The predicted octanol–water partition coefficient (Wildman–Crippen LogP) is 4.76. The number of hydrogen-bond donors (Lipinski definition) is 0. The number of nitrogens with zero attached hydrogens (tertiary/aromatic N) is 5. The Morgan fingerprint density at radius 3 is 2.41 bits per heavy atom. The molecule has 0 radical (unpaired) electrons. The fourth-order valence-electron chi connectivity index (χ4n) is 3.13. The summed E-state index contributed by atoms with van der Waals surface area (Å²) >= 11 is 1.23. The van der Waals surface area contributed by atoms with Crippen molar-refractivity contribution in [2.24, 2.45) is 10.2 Å². The van der Waals surface area contributed by atoms with Crippen LogP contribution in [0.4, 0.5) is 11.4 Å². The number of rotatable bonds is 7. The van der Waals surface area contributed by atoms with Gasteiger partial charge in [-0.3, -0.25) is 19.8 Å². The highest BCUT2D eigenvalue weighted by molar-refractivity contribution is 8.18. The second kappa shape index (κ2) is 10.2. The van der Waals surface area contributed by atoms with Crippen molar-refractivity contribution in [2.45, 2.75) is 6.54 Å². The minimum Gasteiger partial charge on any atom is -0.467 e. The molecule has 10 heteroatoms. The van der Waals surface area contributed by atoms with E-state index in [-0.39, 0.29) is 18.1 Å². The van der Waals surface area contributed by atoms with Crippen molar-refractivity contribution in [2.75, 3.05) is 19.0 Å². The molecule has 0 saturated carbocycles. The fourth-order valence-corrected chi connectivity index (χ4v) is 4.06. The van der Waals surface area contributed by atoms with Gasteiger partial charge in [0.25, 0.3) is 11.6 Å². The van der Waals surface area contributed by atoms with Gasteiger partial charge in [0.1, 0.15) is 5.76 Å². The van der Waals surface area contributed by atoms with Crippen molar-refractivity contribution in [1.29, 1.82) is 0 Å². The lowest BCUT2D eigenvalue weighted by atomic mass is 10.2. The van der Waals surface area contributed by atoms with Crippen LogP contribution in [0.1, 0.15) is 16.9 Å². The number of furan rings is 1. The molecule has 1 amide bonds. The molecule has 0 aliphatic carbocycles. The van der Waals surface area contributed by atoms with E-state index >= 15 is 0 Å². The van der Waals surface area contributed by atoms with Crippen LogP contribution in [0, 0.1) is 10.1 Å². The Balaban J connectivity index is 1.58. The molecule has 2 heterocycles. The topological polar surface area (TPSA) is 105 Å². The zero-order chi connectivity index (χ0) is 24.1. The molecule has 1 aliphatic heterocycles. The molecule has 172 valence electrons. The number of nitro groups is 1. The molecule has 34 heavy (non-hydrogen) atoms. The maximum Gasteiger partial charge on any atom is 0.269 e. The Labute approximate surface area is 200 Å². The molecule has 4 rings (SSSR count). The van der Waals surface area contributed by atoms with Gasteiger partial charge in [0.15, 0.2) is 5.17 Å². The van der Waals surface area contributed by atoms with Crippen molar-refractivity contribution in [3.05, 3.63) is 98.8 Å². The van der Waals surface area contributed by atoms with Gasteiger partial charge in [-0.1, -0.05) is 12.1 Å². The van der Waals surface area contributed by atoms with Crippen LogP contribution in [-0.2, 0) is 11.3 Å². The van der Waals surface area contributed by atoms with Gasteiger partial charge in [0.05, 0.1) is 28.9 Å². The fraction of sp³-hybridized carbons (Fsp3) is 0.125. The summed E-state index contributed by atoms with van der Waals surface area (Å²) in [7, 11) is 3.94. The normalized spacial score (nSPS) is 16.2. The summed E-state index contributed by atoms with van der Waals surface area (Å²) in [5.74, 6) is 0.431. The molecule has 0 bridgehead atoms. The number of hydrogen-bond acceptors (Lipinski definition) is 8. The first-order valence-electron chi connectivity index (χ1n) is 10.3. The van der Waals surface area contributed by atoms with Gasteiger partial charge < -0.3 is 9.32 Å².